The molecule has 0 saturated heterocycles. The van der Waals surface area contributed by atoms with Crippen LogP contribution in [0, 0.1) is 12.8 Å². The molecule has 3 heteroatoms. The molecule has 1 aliphatic carbocycles. The fourth-order valence-electron chi connectivity index (χ4n) is 2.23. The van der Waals surface area contributed by atoms with E-state index in [0.29, 0.717) is 0 Å². The van der Waals surface area contributed by atoms with Crippen LogP contribution in [0.25, 0.3) is 0 Å². The maximum Gasteiger partial charge on any atom is 0.0596 e. The van der Waals surface area contributed by atoms with Crippen LogP contribution >= 0.6 is 0 Å². The van der Waals surface area contributed by atoms with Gasteiger partial charge in [-0.05, 0) is 58.1 Å². The average molecular weight is 235 g/mol. The standard InChI is InChI=1S/C14H25N3/c1-4-17-14(9-12(3)16-17)8-5-11(2)10-15-13-6-7-13/h9,11,13,15H,4-8,10H2,1-3H3. The Bertz CT molecular complexity index is 352. The molecule has 3 nitrogen and oxygen atoms in total. The number of nitrogens with zero attached hydrogens (tertiary/aromatic N) is 2. The summed E-state index contributed by atoms with van der Waals surface area (Å²) < 4.78 is 2.14. The summed E-state index contributed by atoms with van der Waals surface area (Å²) in [6.07, 6.45) is 5.18. The summed E-state index contributed by atoms with van der Waals surface area (Å²) in [6.45, 7) is 8.73. The summed E-state index contributed by atoms with van der Waals surface area (Å²) in [5.41, 5.74) is 2.54. The lowest BCUT2D eigenvalue weighted by atomic mass is 10.0. The predicted molar refractivity (Wildman–Crippen MR) is 71.1 cm³/mol. The molecule has 17 heavy (non-hydrogen) atoms. The second-order valence-corrected chi connectivity index (χ2v) is 5.42. The van der Waals surface area contributed by atoms with Crippen LogP contribution in [0.3, 0.4) is 0 Å². The molecule has 1 aromatic rings. The molecular weight excluding hydrogens is 210 g/mol. The Morgan fingerprint density at radius 2 is 2.29 bits per heavy atom. The van der Waals surface area contributed by atoms with Gasteiger partial charge in [-0.25, -0.2) is 0 Å². The number of hydrogen-bond donors (Lipinski definition) is 1. The summed E-state index contributed by atoms with van der Waals surface area (Å²) in [5.74, 6) is 0.760. The summed E-state index contributed by atoms with van der Waals surface area (Å²) >= 11 is 0. The first-order valence-electron chi connectivity index (χ1n) is 6.95. The zero-order valence-electron chi connectivity index (χ0n) is 11.4. The number of nitrogens with one attached hydrogen (secondary N) is 1. The van der Waals surface area contributed by atoms with Gasteiger partial charge in [0.1, 0.15) is 0 Å². The average Bonchev–Trinajstić information content (AvgIpc) is 3.07. The molecule has 0 bridgehead atoms. The summed E-state index contributed by atoms with van der Waals surface area (Å²) in [4.78, 5) is 0. The third-order valence-electron chi connectivity index (χ3n) is 3.51. The van der Waals surface area contributed by atoms with E-state index in [1.54, 1.807) is 0 Å². The molecule has 2 rings (SSSR count). The van der Waals surface area contributed by atoms with Crippen molar-refractivity contribution in [3.8, 4) is 0 Å². The SMILES string of the molecule is CCn1nc(C)cc1CCC(C)CNC1CC1. The molecule has 1 unspecified atom stereocenters. The van der Waals surface area contributed by atoms with Gasteiger partial charge in [-0.15, -0.1) is 0 Å². The van der Waals surface area contributed by atoms with Crippen molar-refractivity contribution in [3.63, 3.8) is 0 Å². The Kier molecular flexibility index (Phi) is 4.21. The first kappa shape index (κ1) is 12.6. The third kappa shape index (κ3) is 3.84. The van der Waals surface area contributed by atoms with Crippen LogP contribution in [0.4, 0.5) is 0 Å². The van der Waals surface area contributed by atoms with Crippen molar-refractivity contribution >= 4 is 0 Å². The lowest BCUT2D eigenvalue weighted by Crippen LogP contribution is -2.23. The molecule has 1 heterocycles. The second-order valence-electron chi connectivity index (χ2n) is 5.42. The Labute approximate surface area is 105 Å². The van der Waals surface area contributed by atoms with Crippen molar-refractivity contribution in [2.75, 3.05) is 6.54 Å². The van der Waals surface area contributed by atoms with Gasteiger partial charge in [0.15, 0.2) is 0 Å². The highest BCUT2D eigenvalue weighted by atomic mass is 15.3. The van der Waals surface area contributed by atoms with E-state index in [9.17, 15) is 0 Å². The summed E-state index contributed by atoms with van der Waals surface area (Å²) in [7, 11) is 0. The van der Waals surface area contributed by atoms with Crippen LogP contribution in [0.15, 0.2) is 6.07 Å². The maximum absolute atomic E-state index is 4.49. The highest BCUT2D eigenvalue weighted by molar-refractivity contribution is 5.09. The largest absolute Gasteiger partial charge is 0.314 e. The molecule has 0 spiro atoms. The van der Waals surface area contributed by atoms with Crippen LogP contribution in [-0.2, 0) is 13.0 Å². The van der Waals surface area contributed by atoms with Crippen LogP contribution in [0.5, 0.6) is 0 Å². The van der Waals surface area contributed by atoms with E-state index in [2.05, 4.69) is 41.9 Å². The van der Waals surface area contributed by atoms with Gasteiger partial charge in [0, 0.05) is 18.3 Å². The Hall–Kier alpha value is -0.830. The molecular formula is C14H25N3. The molecule has 1 saturated carbocycles. The lowest BCUT2D eigenvalue weighted by molar-refractivity contribution is 0.469. The molecule has 0 aromatic carbocycles. The molecule has 1 aliphatic rings. The Morgan fingerprint density at radius 3 is 2.94 bits per heavy atom. The van der Waals surface area contributed by atoms with E-state index >= 15 is 0 Å². The van der Waals surface area contributed by atoms with Crippen molar-refractivity contribution in [2.24, 2.45) is 5.92 Å². The molecule has 1 N–H and O–H groups in total. The zero-order valence-corrected chi connectivity index (χ0v) is 11.4. The van der Waals surface area contributed by atoms with Crippen molar-refractivity contribution in [1.29, 1.82) is 0 Å². The summed E-state index contributed by atoms with van der Waals surface area (Å²) in [5, 5.41) is 8.10. The highest BCUT2D eigenvalue weighted by Crippen LogP contribution is 2.19. The van der Waals surface area contributed by atoms with Gasteiger partial charge in [0.25, 0.3) is 0 Å². The van der Waals surface area contributed by atoms with Crippen molar-refractivity contribution in [2.45, 2.75) is 59.0 Å². The van der Waals surface area contributed by atoms with Gasteiger partial charge in [0.05, 0.1) is 5.69 Å². The van der Waals surface area contributed by atoms with E-state index < -0.39 is 0 Å². The van der Waals surface area contributed by atoms with Gasteiger partial charge in [-0.2, -0.15) is 5.10 Å². The van der Waals surface area contributed by atoms with E-state index in [4.69, 9.17) is 0 Å². The molecule has 0 radical (unpaired) electrons. The van der Waals surface area contributed by atoms with Crippen LogP contribution in [0.1, 0.15) is 44.5 Å². The number of hydrogen-bond acceptors (Lipinski definition) is 2. The fraction of sp³-hybridized carbons (Fsp3) is 0.786. The van der Waals surface area contributed by atoms with Gasteiger partial charge in [-0.1, -0.05) is 6.92 Å². The first-order chi connectivity index (χ1) is 8.19. The molecule has 1 atom stereocenters. The van der Waals surface area contributed by atoms with E-state index in [1.807, 2.05) is 0 Å². The smallest absolute Gasteiger partial charge is 0.0596 e. The lowest BCUT2D eigenvalue weighted by Gasteiger charge is -2.12. The quantitative estimate of drug-likeness (QED) is 0.787. The van der Waals surface area contributed by atoms with E-state index in [-0.39, 0.29) is 0 Å². The molecule has 0 amide bonds. The minimum absolute atomic E-state index is 0.760. The minimum atomic E-state index is 0.760. The van der Waals surface area contributed by atoms with Crippen molar-refractivity contribution in [1.82, 2.24) is 15.1 Å². The monoisotopic (exact) mass is 235 g/mol. The third-order valence-corrected chi connectivity index (χ3v) is 3.51. The van der Waals surface area contributed by atoms with Crippen molar-refractivity contribution in [3.05, 3.63) is 17.5 Å². The first-order valence-corrected chi connectivity index (χ1v) is 6.95. The zero-order chi connectivity index (χ0) is 12.3. The maximum atomic E-state index is 4.49. The van der Waals surface area contributed by atoms with Gasteiger partial charge in [0.2, 0.25) is 0 Å². The molecule has 0 aliphatic heterocycles. The molecule has 96 valence electrons. The number of aryl methyl sites for hydroxylation is 3. The highest BCUT2D eigenvalue weighted by Gasteiger charge is 2.20. The number of aromatic nitrogens is 2. The van der Waals surface area contributed by atoms with Crippen LogP contribution in [0.2, 0.25) is 0 Å². The van der Waals surface area contributed by atoms with Crippen LogP contribution < -0.4 is 5.32 Å². The van der Waals surface area contributed by atoms with Gasteiger partial charge >= 0.3 is 0 Å². The van der Waals surface area contributed by atoms with Crippen molar-refractivity contribution < 1.29 is 0 Å². The topological polar surface area (TPSA) is 29.9 Å². The van der Waals surface area contributed by atoms with Gasteiger partial charge in [-0.3, -0.25) is 4.68 Å². The fourth-order valence-corrected chi connectivity index (χ4v) is 2.23. The van der Waals surface area contributed by atoms with E-state index in [0.717, 1.165) is 30.6 Å². The number of rotatable bonds is 7. The Morgan fingerprint density at radius 1 is 1.53 bits per heavy atom. The predicted octanol–water partition coefficient (Wildman–Crippen LogP) is 2.53. The molecule has 1 aromatic heterocycles. The summed E-state index contributed by atoms with van der Waals surface area (Å²) in [6, 6.07) is 3.06. The van der Waals surface area contributed by atoms with E-state index in [1.165, 1.54) is 31.5 Å². The Balaban J connectivity index is 1.75. The van der Waals surface area contributed by atoms with Crippen LogP contribution in [-0.4, -0.2) is 22.4 Å². The molecule has 1 fully saturated rings. The normalized spacial score (nSPS) is 17.4. The minimum Gasteiger partial charge on any atom is -0.314 e. The van der Waals surface area contributed by atoms with Gasteiger partial charge < -0.3 is 5.32 Å². The second kappa shape index (κ2) is 5.67.